The van der Waals surface area contributed by atoms with Gasteiger partial charge in [-0.05, 0) is 0 Å². The van der Waals surface area contributed by atoms with Crippen molar-refractivity contribution in [3.8, 4) is 11.3 Å². The van der Waals surface area contributed by atoms with Crippen LogP contribution in [0.5, 0.6) is 0 Å². The summed E-state index contributed by atoms with van der Waals surface area (Å²) in [6, 6.07) is 10.1. The van der Waals surface area contributed by atoms with Crippen LogP contribution in [0.3, 0.4) is 0 Å². The largest absolute Gasteiger partial charge is 0.324 e. The number of nitrogens with two attached hydrogens (primary N) is 1. The van der Waals surface area contributed by atoms with Crippen LogP contribution in [0.15, 0.2) is 36.5 Å². The van der Waals surface area contributed by atoms with Crippen LogP contribution in [0, 0.1) is 0 Å². The molecule has 0 radical (unpaired) electrons. The van der Waals surface area contributed by atoms with E-state index in [1.165, 1.54) is 0 Å². The minimum atomic E-state index is -0.0561. The highest BCUT2D eigenvalue weighted by Gasteiger charge is 2.45. The van der Waals surface area contributed by atoms with Crippen molar-refractivity contribution in [1.29, 1.82) is 0 Å². The van der Waals surface area contributed by atoms with Crippen molar-refractivity contribution in [2.45, 2.75) is 18.5 Å². The molecule has 3 rings (SSSR count). The van der Waals surface area contributed by atoms with E-state index in [0.717, 1.165) is 24.2 Å². The zero-order valence-corrected chi connectivity index (χ0v) is 13.0. The van der Waals surface area contributed by atoms with Crippen LogP contribution in [0.4, 0.5) is 0 Å². The van der Waals surface area contributed by atoms with E-state index in [1.807, 2.05) is 41.2 Å². The third kappa shape index (κ3) is 2.67. The van der Waals surface area contributed by atoms with Crippen LogP contribution in [0.1, 0.15) is 12.5 Å². The van der Waals surface area contributed by atoms with Crippen molar-refractivity contribution in [2.24, 2.45) is 5.73 Å². The lowest BCUT2D eigenvalue weighted by Gasteiger charge is -2.30. The van der Waals surface area contributed by atoms with Gasteiger partial charge in [-0.1, -0.05) is 35.5 Å². The number of nitrogens with zero attached hydrogens (tertiary/aromatic N) is 4. The molecular formula is C16H22N5O+. The molecule has 0 amide bonds. The lowest BCUT2D eigenvalue weighted by atomic mass is 10.1. The first kappa shape index (κ1) is 14.9. The summed E-state index contributed by atoms with van der Waals surface area (Å²) >= 11 is 0. The van der Waals surface area contributed by atoms with Crippen molar-refractivity contribution >= 4 is 5.78 Å². The molecule has 0 spiro atoms. The fraction of sp³-hybridized carbons (Fsp3) is 0.438. The molecule has 2 atom stereocenters. The van der Waals surface area contributed by atoms with E-state index < -0.39 is 0 Å². The number of likely N-dealkylation sites (N-methyl/N-ethyl adjacent to an activating group) is 1. The molecule has 1 aliphatic heterocycles. The SMILES string of the molecule is C[N+]1(C)C[C@H](n2cc(-c3ccccc3)nn2)C[C@H]1C(=O)CN. The summed E-state index contributed by atoms with van der Waals surface area (Å²) in [6.07, 6.45) is 2.73. The Kier molecular flexibility index (Phi) is 3.80. The summed E-state index contributed by atoms with van der Waals surface area (Å²) in [7, 11) is 4.15. The first-order valence-electron chi connectivity index (χ1n) is 7.54. The maximum Gasteiger partial charge on any atom is 0.203 e. The number of benzene rings is 1. The Morgan fingerprint density at radius 1 is 1.36 bits per heavy atom. The molecule has 6 heteroatoms. The zero-order chi connectivity index (χ0) is 15.7. The average Bonchev–Trinajstić information content (AvgIpc) is 3.11. The molecule has 2 aromatic rings. The summed E-state index contributed by atoms with van der Waals surface area (Å²) in [5.41, 5.74) is 7.45. The van der Waals surface area contributed by atoms with Crippen LogP contribution in [0.25, 0.3) is 11.3 Å². The number of hydrogen-bond acceptors (Lipinski definition) is 4. The van der Waals surface area contributed by atoms with E-state index in [9.17, 15) is 4.79 Å². The summed E-state index contributed by atoms with van der Waals surface area (Å²) in [5, 5.41) is 8.54. The molecule has 1 aliphatic rings. The first-order chi connectivity index (χ1) is 10.5. The van der Waals surface area contributed by atoms with E-state index >= 15 is 0 Å². The fourth-order valence-electron chi connectivity index (χ4n) is 3.33. The maximum absolute atomic E-state index is 12.0. The van der Waals surface area contributed by atoms with Gasteiger partial charge in [-0.2, -0.15) is 0 Å². The molecule has 1 aromatic heterocycles. The normalized spacial score (nSPS) is 23.6. The predicted molar refractivity (Wildman–Crippen MR) is 83.9 cm³/mol. The molecule has 6 nitrogen and oxygen atoms in total. The zero-order valence-electron chi connectivity index (χ0n) is 13.0. The van der Waals surface area contributed by atoms with Crippen LogP contribution in [-0.4, -0.2) is 58.5 Å². The van der Waals surface area contributed by atoms with Gasteiger partial charge in [0.05, 0.1) is 26.8 Å². The molecular weight excluding hydrogens is 278 g/mol. The van der Waals surface area contributed by atoms with Gasteiger partial charge in [0.1, 0.15) is 18.3 Å². The first-order valence-corrected chi connectivity index (χ1v) is 7.54. The molecule has 1 aromatic carbocycles. The van der Waals surface area contributed by atoms with Crippen LogP contribution < -0.4 is 5.73 Å². The number of aromatic nitrogens is 3. The standard InChI is InChI=1S/C16H22N5O/c1-21(2)11-13(8-15(21)16(22)9-17)20-10-14(18-19-20)12-6-4-3-5-7-12/h3-7,10,13,15H,8-9,11,17H2,1-2H3/q+1/t13-,15+/m1/s1. The van der Waals surface area contributed by atoms with E-state index in [4.69, 9.17) is 5.73 Å². The molecule has 0 unspecified atom stereocenters. The van der Waals surface area contributed by atoms with E-state index in [1.54, 1.807) is 0 Å². The summed E-state index contributed by atoms with van der Waals surface area (Å²) in [4.78, 5) is 12.0. The topological polar surface area (TPSA) is 73.8 Å². The summed E-state index contributed by atoms with van der Waals surface area (Å²) in [6.45, 7) is 0.958. The Morgan fingerprint density at radius 3 is 2.77 bits per heavy atom. The third-order valence-corrected chi connectivity index (χ3v) is 4.55. The number of likely N-dealkylation sites (tertiary alicyclic amines) is 1. The number of Topliss-reactive ketones (excluding diaryl/α,β-unsaturated/α-hetero) is 1. The highest BCUT2D eigenvalue weighted by atomic mass is 16.1. The summed E-state index contributed by atoms with van der Waals surface area (Å²) < 4.78 is 2.55. The van der Waals surface area contributed by atoms with Crippen molar-refractivity contribution < 1.29 is 9.28 Å². The molecule has 2 N–H and O–H groups in total. The third-order valence-electron chi connectivity index (χ3n) is 4.55. The predicted octanol–water partition coefficient (Wildman–Crippen LogP) is 0.863. The Balaban J connectivity index is 1.82. The number of carbonyl (C=O) groups is 1. The maximum atomic E-state index is 12.0. The van der Waals surface area contributed by atoms with Crippen LogP contribution in [0.2, 0.25) is 0 Å². The Hall–Kier alpha value is -2.05. The lowest BCUT2D eigenvalue weighted by Crippen LogP contribution is -2.50. The van der Waals surface area contributed by atoms with Crippen LogP contribution in [-0.2, 0) is 4.79 Å². The van der Waals surface area contributed by atoms with Crippen molar-refractivity contribution in [2.75, 3.05) is 27.2 Å². The Bertz CT molecular complexity index is 664. The second-order valence-corrected chi connectivity index (χ2v) is 6.49. The average molecular weight is 300 g/mol. The van der Waals surface area contributed by atoms with Gasteiger partial charge in [0.25, 0.3) is 0 Å². The molecule has 1 fully saturated rings. The Labute approximate surface area is 130 Å². The molecule has 116 valence electrons. The van der Waals surface area contributed by atoms with Gasteiger partial charge in [-0.25, -0.2) is 4.68 Å². The number of ketones is 1. The smallest absolute Gasteiger partial charge is 0.203 e. The summed E-state index contributed by atoms with van der Waals surface area (Å²) in [5.74, 6) is 0.121. The van der Waals surface area contributed by atoms with Crippen molar-refractivity contribution in [3.63, 3.8) is 0 Å². The Morgan fingerprint density at radius 2 is 2.09 bits per heavy atom. The number of hydrogen-bond donors (Lipinski definition) is 1. The number of rotatable bonds is 4. The molecule has 0 aliphatic carbocycles. The van der Waals surface area contributed by atoms with Gasteiger partial charge in [0, 0.05) is 12.0 Å². The van der Waals surface area contributed by atoms with Gasteiger partial charge in [0.2, 0.25) is 5.78 Å². The van der Waals surface area contributed by atoms with Gasteiger partial charge in [-0.3, -0.25) is 4.79 Å². The highest BCUT2D eigenvalue weighted by molar-refractivity contribution is 5.84. The van der Waals surface area contributed by atoms with Gasteiger partial charge in [-0.15, -0.1) is 5.10 Å². The second-order valence-electron chi connectivity index (χ2n) is 6.49. The molecule has 2 heterocycles. The monoisotopic (exact) mass is 300 g/mol. The quantitative estimate of drug-likeness (QED) is 0.850. The molecule has 1 saturated heterocycles. The molecule has 22 heavy (non-hydrogen) atoms. The van der Waals surface area contributed by atoms with Crippen LogP contribution >= 0.6 is 0 Å². The van der Waals surface area contributed by atoms with Gasteiger partial charge >= 0.3 is 0 Å². The minimum Gasteiger partial charge on any atom is -0.324 e. The number of carbonyl (C=O) groups excluding carboxylic acids is 1. The lowest BCUT2D eigenvalue weighted by molar-refractivity contribution is -0.893. The van der Waals surface area contributed by atoms with Gasteiger partial charge < -0.3 is 10.2 Å². The second kappa shape index (κ2) is 5.62. The van der Waals surface area contributed by atoms with E-state index in [2.05, 4.69) is 24.4 Å². The van der Waals surface area contributed by atoms with Crippen molar-refractivity contribution in [1.82, 2.24) is 15.0 Å². The molecule has 0 saturated carbocycles. The van der Waals surface area contributed by atoms with Crippen molar-refractivity contribution in [3.05, 3.63) is 36.5 Å². The minimum absolute atomic E-state index is 0.0561. The van der Waals surface area contributed by atoms with E-state index in [-0.39, 0.29) is 24.4 Å². The molecule has 0 bridgehead atoms. The van der Waals surface area contributed by atoms with Gasteiger partial charge in [0.15, 0.2) is 6.04 Å². The fourth-order valence-corrected chi connectivity index (χ4v) is 3.33. The van der Waals surface area contributed by atoms with E-state index in [0.29, 0.717) is 4.48 Å². The number of quaternary nitrogens is 1. The highest BCUT2D eigenvalue weighted by Crippen LogP contribution is 2.31.